The van der Waals surface area contributed by atoms with E-state index < -0.39 is 0 Å². The zero-order valence-electron chi connectivity index (χ0n) is 14.9. The first-order valence-corrected chi connectivity index (χ1v) is 10.4. The Balaban J connectivity index is 1.52. The van der Waals surface area contributed by atoms with E-state index in [0.29, 0.717) is 21.0 Å². The average molecular weight is 391 g/mol. The Morgan fingerprint density at radius 2 is 2.00 bits per heavy atom. The minimum atomic E-state index is -0.278. The number of aromatic nitrogens is 2. The number of anilines is 1. The first-order chi connectivity index (χ1) is 12.5. The van der Waals surface area contributed by atoms with Crippen molar-refractivity contribution in [2.75, 3.05) is 24.2 Å². The SMILES string of the molecule is Cc1ccccc1NC(=O)c1nnc(SCC(=O)N2CCC(C)CC2)s1. The number of hydrogen-bond donors (Lipinski definition) is 1. The van der Waals surface area contributed by atoms with E-state index in [0.717, 1.165) is 37.2 Å². The summed E-state index contributed by atoms with van der Waals surface area (Å²) in [6.45, 7) is 5.83. The summed E-state index contributed by atoms with van der Waals surface area (Å²) >= 11 is 2.56. The van der Waals surface area contributed by atoms with Gasteiger partial charge in [0.25, 0.3) is 5.91 Å². The van der Waals surface area contributed by atoms with E-state index >= 15 is 0 Å². The molecule has 2 heterocycles. The lowest BCUT2D eigenvalue weighted by Crippen LogP contribution is -2.38. The fourth-order valence-corrected chi connectivity index (χ4v) is 4.37. The normalized spacial score (nSPS) is 15.1. The van der Waals surface area contributed by atoms with Gasteiger partial charge in [-0.3, -0.25) is 9.59 Å². The summed E-state index contributed by atoms with van der Waals surface area (Å²) < 4.78 is 0.638. The van der Waals surface area contributed by atoms with Crippen LogP contribution in [-0.4, -0.2) is 45.8 Å². The van der Waals surface area contributed by atoms with Crippen LogP contribution in [0.3, 0.4) is 0 Å². The van der Waals surface area contributed by atoms with Crippen molar-refractivity contribution in [3.05, 3.63) is 34.8 Å². The number of thioether (sulfide) groups is 1. The third-order valence-electron chi connectivity index (χ3n) is 4.45. The second kappa shape index (κ2) is 8.64. The van der Waals surface area contributed by atoms with Crippen molar-refractivity contribution in [3.63, 3.8) is 0 Å². The minimum absolute atomic E-state index is 0.128. The largest absolute Gasteiger partial charge is 0.342 e. The van der Waals surface area contributed by atoms with Crippen LogP contribution in [-0.2, 0) is 4.79 Å². The van der Waals surface area contributed by atoms with Gasteiger partial charge in [-0.15, -0.1) is 10.2 Å². The summed E-state index contributed by atoms with van der Waals surface area (Å²) in [5.74, 6) is 0.884. The predicted molar refractivity (Wildman–Crippen MR) is 105 cm³/mol. The molecule has 2 amide bonds. The van der Waals surface area contributed by atoms with E-state index in [4.69, 9.17) is 0 Å². The Hall–Kier alpha value is -1.93. The van der Waals surface area contributed by atoms with Crippen LogP contribution in [0.25, 0.3) is 0 Å². The van der Waals surface area contributed by atoms with Gasteiger partial charge >= 0.3 is 0 Å². The second-order valence-electron chi connectivity index (χ2n) is 6.49. The second-order valence-corrected chi connectivity index (χ2v) is 8.69. The summed E-state index contributed by atoms with van der Waals surface area (Å²) in [5.41, 5.74) is 1.75. The van der Waals surface area contributed by atoms with E-state index in [1.54, 1.807) is 0 Å². The molecule has 1 aromatic heterocycles. The molecule has 0 atom stereocenters. The number of aryl methyl sites for hydroxylation is 1. The Morgan fingerprint density at radius 1 is 1.27 bits per heavy atom. The van der Waals surface area contributed by atoms with Crippen molar-refractivity contribution in [2.24, 2.45) is 5.92 Å². The summed E-state index contributed by atoms with van der Waals surface area (Å²) in [7, 11) is 0. The van der Waals surface area contributed by atoms with Crippen molar-refractivity contribution < 1.29 is 9.59 Å². The molecule has 0 aliphatic carbocycles. The maximum absolute atomic E-state index is 12.3. The number of para-hydroxylation sites is 1. The Bertz CT molecular complexity index is 785. The van der Waals surface area contributed by atoms with Gasteiger partial charge in [0.2, 0.25) is 10.9 Å². The van der Waals surface area contributed by atoms with E-state index in [1.807, 2.05) is 36.1 Å². The highest BCUT2D eigenvalue weighted by Gasteiger charge is 2.21. The molecule has 0 saturated carbocycles. The fourth-order valence-electron chi connectivity index (χ4n) is 2.72. The van der Waals surface area contributed by atoms with Crippen molar-refractivity contribution in [1.82, 2.24) is 15.1 Å². The van der Waals surface area contributed by atoms with Gasteiger partial charge in [-0.25, -0.2) is 0 Å². The fraction of sp³-hybridized carbons (Fsp3) is 0.444. The van der Waals surface area contributed by atoms with Gasteiger partial charge in [-0.1, -0.05) is 48.2 Å². The van der Waals surface area contributed by atoms with Gasteiger partial charge in [0.15, 0.2) is 4.34 Å². The number of carbonyl (C=O) groups is 2. The number of carbonyl (C=O) groups excluding carboxylic acids is 2. The molecule has 1 fully saturated rings. The number of benzene rings is 1. The molecule has 6 nitrogen and oxygen atoms in total. The molecule has 2 aromatic rings. The van der Waals surface area contributed by atoms with Crippen LogP contribution in [0.4, 0.5) is 5.69 Å². The molecule has 8 heteroatoms. The molecule has 3 rings (SSSR count). The van der Waals surface area contributed by atoms with Crippen molar-refractivity contribution >= 4 is 40.6 Å². The lowest BCUT2D eigenvalue weighted by atomic mass is 9.99. The first-order valence-electron chi connectivity index (χ1n) is 8.64. The van der Waals surface area contributed by atoms with Crippen LogP contribution in [0.1, 0.15) is 35.1 Å². The zero-order valence-corrected chi connectivity index (χ0v) is 16.5. The lowest BCUT2D eigenvalue weighted by molar-refractivity contribution is -0.129. The van der Waals surface area contributed by atoms with Gasteiger partial charge in [-0.2, -0.15) is 0 Å². The smallest absolute Gasteiger partial charge is 0.286 e. The van der Waals surface area contributed by atoms with Gasteiger partial charge in [0.1, 0.15) is 0 Å². The topological polar surface area (TPSA) is 75.2 Å². The summed E-state index contributed by atoms with van der Waals surface area (Å²) in [5, 5.41) is 11.1. The van der Waals surface area contributed by atoms with Crippen molar-refractivity contribution in [3.8, 4) is 0 Å². The lowest BCUT2D eigenvalue weighted by Gasteiger charge is -2.30. The zero-order chi connectivity index (χ0) is 18.5. The van der Waals surface area contributed by atoms with Crippen molar-refractivity contribution in [2.45, 2.75) is 31.0 Å². The molecule has 1 saturated heterocycles. The van der Waals surface area contributed by atoms with E-state index in [2.05, 4.69) is 22.4 Å². The highest BCUT2D eigenvalue weighted by atomic mass is 32.2. The number of nitrogens with one attached hydrogen (secondary N) is 1. The molecule has 0 spiro atoms. The number of likely N-dealkylation sites (tertiary alicyclic amines) is 1. The van der Waals surface area contributed by atoms with E-state index in [1.165, 1.54) is 23.1 Å². The van der Waals surface area contributed by atoms with Gasteiger partial charge in [0.05, 0.1) is 5.75 Å². The molecule has 1 aliphatic heterocycles. The first kappa shape index (κ1) is 18.8. The molecular formula is C18H22N4O2S2. The molecule has 1 aliphatic rings. The highest BCUT2D eigenvalue weighted by molar-refractivity contribution is 8.01. The molecule has 138 valence electrons. The Labute approximate surface area is 161 Å². The van der Waals surface area contributed by atoms with Crippen LogP contribution in [0.15, 0.2) is 28.6 Å². The molecule has 1 aromatic carbocycles. The molecule has 0 radical (unpaired) electrons. The third kappa shape index (κ3) is 4.82. The van der Waals surface area contributed by atoms with Gasteiger partial charge in [-0.05, 0) is 37.3 Å². The molecule has 0 unspecified atom stereocenters. The number of rotatable bonds is 5. The van der Waals surface area contributed by atoms with Crippen LogP contribution < -0.4 is 5.32 Å². The molecule has 26 heavy (non-hydrogen) atoms. The maximum atomic E-state index is 12.3. The van der Waals surface area contributed by atoms with E-state index in [9.17, 15) is 9.59 Å². The van der Waals surface area contributed by atoms with Crippen LogP contribution in [0, 0.1) is 12.8 Å². The monoisotopic (exact) mass is 390 g/mol. The molecular weight excluding hydrogens is 368 g/mol. The van der Waals surface area contributed by atoms with Crippen LogP contribution in [0.5, 0.6) is 0 Å². The van der Waals surface area contributed by atoms with E-state index in [-0.39, 0.29) is 11.8 Å². The average Bonchev–Trinajstić information content (AvgIpc) is 3.11. The predicted octanol–water partition coefficient (Wildman–Crippen LogP) is 3.45. The Morgan fingerprint density at radius 3 is 2.73 bits per heavy atom. The number of hydrogen-bond acceptors (Lipinski definition) is 6. The minimum Gasteiger partial charge on any atom is -0.342 e. The Kier molecular flexibility index (Phi) is 6.26. The third-order valence-corrected chi connectivity index (χ3v) is 6.49. The molecule has 0 bridgehead atoms. The highest BCUT2D eigenvalue weighted by Crippen LogP contribution is 2.25. The van der Waals surface area contributed by atoms with Crippen LogP contribution in [0.2, 0.25) is 0 Å². The summed E-state index contributed by atoms with van der Waals surface area (Å²) in [4.78, 5) is 26.5. The van der Waals surface area contributed by atoms with Crippen molar-refractivity contribution in [1.29, 1.82) is 0 Å². The number of piperidine rings is 1. The van der Waals surface area contributed by atoms with Crippen LogP contribution >= 0.6 is 23.1 Å². The standard InChI is InChI=1S/C18H22N4O2S2/c1-12-7-9-22(10-8-12)15(23)11-25-18-21-20-17(26-18)16(24)19-14-6-4-3-5-13(14)2/h3-6,12H,7-11H2,1-2H3,(H,19,24). The number of amides is 2. The maximum Gasteiger partial charge on any atom is 0.286 e. The number of nitrogens with zero attached hydrogens (tertiary/aromatic N) is 3. The quantitative estimate of drug-likeness (QED) is 0.792. The molecule has 1 N–H and O–H groups in total. The summed E-state index contributed by atoms with van der Waals surface area (Å²) in [6.07, 6.45) is 2.14. The van der Waals surface area contributed by atoms with Gasteiger partial charge < -0.3 is 10.2 Å². The summed E-state index contributed by atoms with van der Waals surface area (Å²) in [6, 6.07) is 7.58. The van der Waals surface area contributed by atoms with Gasteiger partial charge in [0, 0.05) is 18.8 Å².